The van der Waals surface area contributed by atoms with Crippen molar-refractivity contribution in [1.29, 1.82) is 0 Å². The van der Waals surface area contributed by atoms with Gasteiger partial charge in [-0.2, -0.15) is 0 Å². The molecular formula is C16H30NO7P. The van der Waals surface area contributed by atoms with E-state index in [0.29, 0.717) is 19.3 Å². The van der Waals surface area contributed by atoms with Gasteiger partial charge in [-0.3, -0.25) is 14.7 Å². The van der Waals surface area contributed by atoms with E-state index in [0.717, 1.165) is 32.1 Å². The third-order valence-corrected chi connectivity index (χ3v) is 5.11. The van der Waals surface area contributed by atoms with Gasteiger partial charge in [-0.1, -0.05) is 26.2 Å². The number of esters is 1. The monoisotopic (exact) mass is 379 g/mol. The van der Waals surface area contributed by atoms with Crippen LogP contribution in [0.2, 0.25) is 0 Å². The van der Waals surface area contributed by atoms with Crippen molar-refractivity contribution < 1.29 is 33.6 Å². The minimum atomic E-state index is -2.46. The van der Waals surface area contributed by atoms with Crippen LogP contribution in [0, 0.1) is 11.8 Å². The predicted molar refractivity (Wildman–Crippen MR) is 92.3 cm³/mol. The fraction of sp³-hybridized carbons (Fsp3) is 0.875. The standard InChI is InChI=1S/C16H30NO7P/c1-12(9-10-25(21)22)7-8-14(18)17-16(20)24-11-23-15(19)13-5-3-2-4-6-13/h12-14,18,25H,2-11H2,1H3,(H,17,20)(H,21,22). The Bertz CT molecular complexity index is 440. The summed E-state index contributed by atoms with van der Waals surface area (Å²) in [7, 11) is -2.46. The molecule has 0 aromatic carbocycles. The highest BCUT2D eigenvalue weighted by Gasteiger charge is 2.22. The summed E-state index contributed by atoms with van der Waals surface area (Å²) in [5, 5.41) is 12.0. The third-order valence-electron chi connectivity index (χ3n) is 4.40. The second kappa shape index (κ2) is 12.3. The van der Waals surface area contributed by atoms with Crippen molar-refractivity contribution in [1.82, 2.24) is 5.32 Å². The minimum Gasteiger partial charge on any atom is -0.428 e. The lowest BCUT2D eigenvalue weighted by molar-refractivity contribution is -0.158. The molecule has 0 spiro atoms. The van der Waals surface area contributed by atoms with Crippen molar-refractivity contribution in [3.05, 3.63) is 0 Å². The summed E-state index contributed by atoms with van der Waals surface area (Å²) in [6.45, 7) is 1.45. The van der Waals surface area contributed by atoms with Crippen LogP contribution < -0.4 is 5.32 Å². The number of aliphatic hydroxyl groups excluding tert-OH is 1. The van der Waals surface area contributed by atoms with Crippen molar-refractivity contribution in [2.75, 3.05) is 13.0 Å². The molecule has 0 aromatic heterocycles. The van der Waals surface area contributed by atoms with Crippen molar-refractivity contribution in [2.24, 2.45) is 11.8 Å². The topological polar surface area (TPSA) is 122 Å². The molecule has 3 unspecified atom stereocenters. The average Bonchev–Trinajstić information content (AvgIpc) is 2.58. The number of amides is 1. The molecule has 8 nitrogen and oxygen atoms in total. The Morgan fingerprint density at radius 3 is 2.48 bits per heavy atom. The van der Waals surface area contributed by atoms with E-state index in [1.807, 2.05) is 6.92 Å². The molecule has 3 atom stereocenters. The van der Waals surface area contributed by atoms with Crippen LogP contribution in [0.4, 0.5) is 4.79 Å². The molecule has 1 aliphatic rings. The molecule has 0 heterocycles. The first-order valence-electron chi connectivity index (χ1n) is 8.88. The smallest absolute Gasteiger partial charge is 0.412 e. The molecule has 0 aliphatic heterocycles. The Morgan fingerprint density at radius 1 is 1.16 bits per heavy atom. The molecule has 146 valence electrons. The summed E-state index contributed by atoms with van der Waals surface area (Å²) in [6.07, 6.45) is 4.65. The maximum atomic E-state index is 11.8. The van der Waals surface area contributed by atoms with E-state index in [9.17, 15) is 19.3 Å². The molecule has 3 N–H and O–H groups in total. The van der Waals surface area contributed by atoms with Crippen LogP contribution in [-0.4, -0.2) is 41.2 Å². The number of rotatable bonds is 10. The number of ether oxygens (including phenoxy) is 2. The quantitative estimate of drug-likeness (QED) is 0.303. The molecule has 1 saturated carbocycles. The number of nitrogens with one attached hydrogen (secondary N) is 1. The maximum Gasteiger partial charge on any atom is 0.412 e. The van der Waals surface area contributed by atoms with Gasteiger partial charge in [0, 0.05) is 6.16 Å². The molecule has 0 aromatic rings. The fourth-order valence-electron chi connectivity index (χ4n) is 2.80. The summed E-state index contributed by atoms with van der Waals surface area (Å²) >= 11 is 0. The summed E-state index contributed by atoms with van der Waals surface area (Å²) < 4.78 is 20.3. The van der Waals surface area contributed by atoms with E-state index in [4.69, 9.17) is 14.4 Å². The largest absolute Gasteiger partial charge is 0.428 e. The normalized spacial score (nSPS) is 18.8. The second-order valence-corrected chi connectivity index (χ2v) is 7.91. The van der Waals surface area contributed by atoms with Gasteiger partial charge in [-0.25, -0.2) is 4.79 Å². The van der Waals surface area contributed by atoms with Gasteiger partial charge in [0.15, 0.2) is 8.03 Å². The number of carbonyl (C=O) groups is 2. The van der Waals surface area contributed by atoms with Crippen molar-refractivity contribution >= 4 is 20.1 Å². The molecular weight excluding hydrogens is 349 g/mol. The highest BCUT2D eigenvalue weighted by Crippen LogP contribution is 2.24. The van der Waals surface area contributed by atoms with E-state index in [2.05, 4.69) is 5.32 Å². The van der Waals surface area contributed by atoms with Gasteiger partial charge in [0.1, 0.15) is 6.23 Å². The Balaban J connectivity index is 2.10. The van der Waals surface area contributed by atoms with Crippen LogP contribution in [0.3, 0.4) is 0 Å². The van der Waals surface area contributed by atoms with E-state index in [1.165, 1.54) is 0 Å². The van der Waals surface area contributed by atoms with Gasteiger partial charge in [0.2, 0.25) is 6.79 Å². The Labute approximate surface area is 149 Å². The molecule has 1 rings (SSSR count). The number of carbonyl (C=O) groups excluding carboxylic acids is 2. The highest BCUT2D eigenvalue weighted by atomic mass is 31.1. The summed E-state index contributed by atoms with van der Waals surface area (Å²) in [5.41, 5.74) is 0. The van der Waals surface area contributed by atoms with E-state index in [-0.39, 0.29) is 24.0 Å². The number of hydrogen-bond acceptors (Lipinski definition) is 6. The van der Waals surface area contributed by atoms with Crippen LogP contribution in [0.5, 0.6) is 0 Å². The molecule has 0 saturated heterocycles. The molecule has 25 heavy (non-hydrogen) atoms. The number of aliphatic hydroxyl groups is 1. The molecule has 0 radical (unpaired) electrons. The van der Waals surface area contributed by atoms with Crippen LogP contribution in [0.1, 0.15) is 58.3 Å². The fourth-order valence-corrected chi connectivity index (χ4v) is 3.54. The second-order valence-electron chi connectivity index (χ2n) is 6.62. The third kappa shape index (κ3) is 10.5. The lowest BCUT2D eigenvalue weighted by Gasteiger charge is -2.20. The van der Waals surface area contributed by atoms with Crippen molar-refractivity contribution in [2.45, 2.75) is 64.5 Å². The van der Waals surface area contributed by atoms with Crippen LogP contribution in [0.25, 0.3) is 0 Å². The molecule has 1 fully saturated rings. The van der Waals surface area contributed by atoms with Crippen molar-refractivity contribution in [3.8, 4) is 0 Å². The van der Waals surface area contributed by atoms with Gasteiger partial charge in [0.05, 0.1) is 5.92 Å². The zero-order valence-corrected chi connectivity index (χ0v) is 15.7. The summed E-state index contributed by atoms with van der Waals surface area (Å²) in [6, 6.07) is 0. The van der Waals surface area contributed by atoms with E-state index < -0.39 is 27.1 Å². The molecule has 9 heteroatoms. The molecule has 1 amide bonds. The Kier molecular flexibility index (Phi) is 10.8. The molecule has 0 bridgehead atoms. The highest BCUT2D eigenvalue weighted by molar-refractivity contribution is 7.37. The number of hydrogen-bond donors (Lipinski definition) is 3. The van der Waals surface area contributed by atoms with Gasteiger partial charge < -0.3 is 19.5 Å². The first-order chi connectivity index (χ1) is 11.9. The van der Waals surface area contributed by atoms with E-state index in [1.54, 1.807) is 0 Å². The minimum absolute atomic E-state index is 0.109. The van der Waals surface area contributed by atoms with Crippen molar-refractivity contribution in [3.63, 3.8) is 0 Å². The van der Waals surface area contributed by atoms with Crippen LogP contribution in [-0.2, 0) is 18.8 Å². The van der Waals surface area contributed by atoms with Gasteiger partial charge in [-0.15, -0.1) is 0 Å². The van der Waals surface area contributed by atoms with Gasteiger partial charge in [0.25, 0.3) is 0 Å². The maximum absolute atomic E-state index is 11.8. The lowest BCUT2D eigenvalue weighted by atomic mass is 9.89. The zero-order valence-electron chi connectivity index (χ0n) is 14.7. The Hall–Kier alpha value is -1.11. The van der Waals surface area contributed by atoms with Gasteiger partial charge >= 0.3 is 12.1 Å². The average molecular weight is 379 g/mol. The van der Waals surface area contributed by atoms with E-state index >= 15 is 0 Å². The SMILES string of the molecule is CC(CCC(O)NC(=O)OCOC(=O)C1CCCCC1)CC[PH](=O)O. The summed E-state index contributed by atoms with van der Waals surface area (Å²) in [4.78, 5) is 32.1. The molecule has 1 aliphatic carbocycles. The summed E-state index contributed by atoms with van der Waals surface area (Å²) in [5.74, 6) is -0.280. The first kappa shape index (κ1) is 21.9. The van der Waals surface area contributed by atoms with Crippen LogP contribution >= 0.6 is 8.03 Å². The zero-order chi connectivity index (χ0) is 18.7. The lowest BCUT2D eigenvalue weighted by Crippen LogP contribution is -2.36. The van der Waals surface area contributed by atoms with Crippen LogP contribution in [0.15, 0.2) is 0 Å². The van der Waals surface area contributed by atoms with Gasteiger partial charge in [-0.05, 0) is 38.0 Å². The predicted octanol–water partition coefficient (Wildman–Crippen LogP) is 2.39. The first-order valence-corrected chi connectivity index (χ1v) is 10.4. The number of alkyl carbamates (subject to hydrolysis) is 1. The Morgan fingerprint density at radius 2 is 1.84 bits per heavy atom.